The summed E-state index contributed by atoms with van der Waals surface area (Å²) in [6, 6.07) is 4.08. The molecule has 206 valence electrons. The third-order valence-electron chi connectivity index (χ3n) is 8.56. The van der Waals surface area contributed by atoms with Crippen LogP contribution < -0.4 is 10.6 Å². The number of ether oxygens (including phenoxy) is 1. The van der Waals surface area contributed by atoms with Crippen molar-refractivity contribution >= 4 is 46.6 Å². The molecule has 1 aliphatic carbocycles. The molecule has 2 saturated heterocycles. The highest BCUT2D eigenvalue weighted by molar-refractivity contribution is 6.35. The number of carbonyl (C=O) groups is 3. The third-order valence-corrected chi connectivity index (χ3v) is 8.99. The summed E-state index contributed by atoms with van der Waals surface area (Å²) in [6.45, 7) is 6.87. The van der Waals surface area contributed by atoms with Crippen molar-refractivity contribution in [1.29, 1.82) is 0 Å². The summed E-state index contributed by atoms with van der Waals surface area (Å²) in [5.41, 5.74) is -0.721. The second-order valence-corrected chi connectivity index (χ2v) is 11.6. The molecule has 1 saturated carbocycles. The average Bonchev–Trinajstić information content (AvgIpc) is 3.52. The van der Waals surface area contributed by atoms with Crippen LogP contribution in [0.25, 0.3) is 0 Å². The molecule has 2 N–H and O–H groups in total. The molecule has 8 nitrogen and oxygen atoms in total. The first kappa shape index (κ1) is 27.4. The van der Waals surface area contributed by atoms with E-state index in [4.69, 9.17) is 27.9 Å². The summed E-state index contributed by atoms with van der Waals surface area (Å²) < 4.78 is 6.42. The Balaban J connectivity index is 1.43. The lowest BCUT2D eigenvalue weighted by molar-refractivity contribution is -0.141. The number of likely N-dealkylation sites (N-methyl/N-ethyl adjacent to an activating group) is 1. The van der Waals surface area contributed by atoms with Crippen molar-refractivity contribution in [3.8, 4) is 0 Å². The molecule has 0 radical (unpaired) electrons. The van der Waals surface area contributed by atoms with E-state index < -0.39 is 29.6 Å². The van der Waals surface area contributed by atoms with E-state index in [1.54, 1.807) is 23.1 Å². The van der Waals surface area contributed by atoms with Gasteiger partial charge in [-0.15, -0.1) is 0 Å². The number of hydrogen-bond acceptors (Lipinski definition) is 5. The molecule has 5 rings (SSSR count). The summed E-state index contributed by atoms with van der Waals surface area (Å²) in [6.07, 6.45) is 8.32. The maximum absolute atomic E-state index is 14.0. The van der Waals surface area contributed by atoms with E-state index in [2.05, 4.69) is 29.4 Å². The molecule has 3 heterocycles. The molecule has 1 aromatic rings. The largest absolute Gasteiger partial charge is 0.359 e. The van der Waals surface area contributed by atoms with Crippen molar-refractivity contribution in [3.05, 3.63) is 40.4 Å². The number of carbonyl (C=O) groups excluding carboxylic acids is 3. The molecule has 38 heavy (non-hydrogen) atoms. The van der Waals surface area contributed by atoms with Gasteiger partial charge in [-0.1, -0.05) is 68.5 Å². The Morgan fingerprint density at radius 1 is 1.08 bits per heavy atom. The minimum absolute atomic E-state index is 0.0979. The summed E-state index contributed by atoms with van der Waals surface area (Å²) in [5.74, 6) is -2.31. The number of benzene rings is 1. The van der Waals surface area contributed by atoms with Crippen LogP contribution in [0.2, 0.25) is 10.0 Å². The third kappa shape index (κ3) is 4.96. The van der Waals surface area contributed by atoms with Crippen LogP contribution in [0.3, 0.4) is 0 Å². The standard InChI is InChI=1S/C28H36Cl2N4O4/c1-3-33(4-2)12-13-34-24(26(36)31-19-8-6-5-7-9-19)28-11-10-21(38-28)22(23(28)27(34)37)25(35)32-20-15-17(29)14-18(30)16-20/h10-11,14-16,19,21-24H,3-9,12-13H2,1-2H3,(H,31,36)(H,32,35)/t21-,22+,23-,24+,28-/m0/s1. The highest BCUT2D eigenvalue weighted by Crippen LogP contribution is 2.55. The zero-order valence-corrected chi connectivity index (χ0v) is 23.4. The lowest BCUT2D eigenvalue weighted by Gasteiger charge is -2.34. The molecular formula is C28H36Cl2N4O4. The van der Waals surface area contributed by atoms with Gasteiger partial charge >= 0.3 is 0 Å². The maximum Gasteiger partial charge on any atom is 0.246 e. The van der Waals surface area contributed by atoms with Gasteiger partial charge in [-0.05, 0) is 44.1 Å². The zero-order valence-electron chi connectivity index (χ0n) is 21.9. The monoisotopic (exact) mass is 562 g/mol. The number of hydrogen-bond donors (Lipinski definition) is 2. The summed E-state index contributed by atoms with van der Waals surface area (Å²) >= 11 is 12.2. The summed E-state index contributed by atoms with van der Waals surface area (Å²) in [5, 5.41) is 6.89. The molecule has 1 aromatic carbocycles. The Hall–Kier alpha value is -2.13. The molecule has 4 aliphatic rings. The molecule has 10 heteroatoms. The lowest BCUT2D eigenvalue weighted by atomic mass is 9.74. The van der Waals surface area contributed by atoms with Gasteiger partial charge in [-0.25, -0.2) is 0 Å². The minimum Gasteiger partial charge on any atom is -0.359 e. The molecule has 5 atom stereocenters. The molecule has 2 bridgehead atoms. The second-order valence-electron chi connectivity index (χ2n) is 10.8. The predicted octanol–water partition coefficient (Wildman–Crippen LogP) is 3.87. The van der Waals surface area contributed by atoms with Crippen LogP contribution in [-0.4, -0.2) is 77.5 Å². The number of nitrogens with zero attached hydrogens (tertiary/aromatic N) is 2. The van der Waals surface area contributed by atoms with Crippen molar-refractivity contribution in [2.75, 3.05) is 31.5 Å². The van der Waals surface area contributed by atoms with Crippen LogP contribution in [0.15, 0.2) is 30.4 Å². The van der Waals surface area contributed by atoms with E-state index in [1.807, 2.05) is 12.2 Å². The van der Waals surface area contributed by atoms with Crippen LogP contribution in [0.5, 0.6) is 0 Å². The maximum atomic E-state index is 14.0. The van der Waals surface area contributed by atoms with Crippen LogP contribution in [0.1, 0.15) is 46.0 Å². The van der Waals surface area contributed by atoms with Crippen molar-refractivity contribution in [2.45, 2.75) is 69.7 Å². The SMILES string of the molecule is CCN(CC)CCN1C(=O)[C@@H]2[C@H](C(=O)Nc3cc(Cl)cc(Cl)c3)[C@@H]3C=C[C@@]2(O3)[C@H]1C(=O)NC1CCCCC1. The number of rotatable bonds is 9. The Bertz CT molecular complexity index is 1100. The molecule has 3 amide bonds. The minimum atomic E-state index is -1.17. The van der Waals surface area contributed by atoms with E-state index in [0.717, 1.165) is 38.8 Å². The van der Waals surface area contributed by atoms with Crippen LogP contribution in [0.4, 0.5) is 5.69 Å². The van der Waals surface area contributed by atoms with Crippen LogP contribution in [0, 0.1) is 11.8 Å². The van der Waals surface area contributed by atoms with E-state index in [0.29, 0.717) is 28.8 Å². The quantitative estimate of drug-likeness (QED) is 0.446. The molecule has 3 aliphatic heterocycles. The Morgan fingerprint density at radius 3 is 2.42 bits per heavy atom. The second kappa shape index (κ2) is 11.2. The Labute approximate surface area is 234 Å². The summed E-state index contributed by atoms with van der Waals surface area (Å²) in [7, 11) is 0. The Morgan fingerprint density at radius 2 is 1.76 bits per heavy atom. The van der Waals surface area contributed by atoms with Gasteiger partial charge in [0.25, 0.3) is 0 Å². The van der Waals surface area contributed by atoms with E-state index in [1.165, 1.54) is 6.42 Å². The van der Waals surface area contributed by atoms with Gasteiger partial charge in [0.2, 0.25) is 17.7 Å². The van der Waals surface area contributed by atoms with Gasteiger partial charge in [0.1, 0.15) is 11.6 Å². The average molecular weight is 564 g/mol. The molecular weight excluding hydrogens is 527 g/mol. The number of nitrogens with one attached hydrogen (secondary N) is 2. The smallest absolute Gasteiger partial charge is 0.246 e. The van der Waals surface area contributed by atoms with Crippen LogP contribution in [-0.2, 0) is 19.1 Å². The van der Waals surface area contributed by atoms with Crippen LogP contribution >= 0.6 is 23.2 Å². The van der Waals surface area contributed by atoms with Crippen molar-refractivity contribution in [2.24, 2.45) is 11.8 Å². The van der Waals surface area contributed by atoms with Gasteiger partial charge in [0, 0.05) is 34.9 Å². The molecule has 0 aromatic heterocycles. The number of amides is 3. The lowest BCUT2D eigenvalue weighted by Crippen LogP contribution is -2.57. The van der Waals surface area contributed by atoms with Gasteiger partial charge in [0.05, 0.1) is 17.9 Å². The number of fused-ring (bicyclic) bond motifs is 1. The van der Waals surface area contributed by atoms with Crippen molar-refractivity contribution in [1.82, 2.24) is 15.1 Å². The highest BCUT2D eigenvalue weighted by Gasteiger charge is 2.72. The first-order valence-corrected chi connectivity index (χ1v) is 14.5. The zero-order chi connectivity index (χ0) is 27.0. The topological polar surface area (TPSA) is 91.0 Å². The highest BCUT2D eigenvalue weighted by atomic mass is 35.5. The summed E-state index contributed by atoms with van der Waals surface area (Å²) in [4.78, 5) is 45.3. The molecule has 3 fully saturated rings. The van der Waals surface area contributed by atoms with E-state index in [9.17, 15) is 14.4 Å². The van der Waals surface area contributed by atoms with Gasteiger partial charge in [-0.3, -0.25) is 14.4 Å². The van der Waals surface area contributed by atoms with E-state index in [-0.39, 0.29) is 23.8 Å². The van der Waals surface area contributed by atoms with E-state index >= 15 is 0 Å². The number of halogens is 2. The fourth-order valence-electron chi connectivity index (χ4n) is 6.68. The number of anilines is 1. The molecule has 1 spiro atoms. The number of likely N-dealkylation sites (tertiary alicyclic amines) is 1. The van der Waals surface area contributed by atoms with Gasteiger partial charge < -0.3 is 25.2 Å². The van der Waals surface area contributed by atoms with Crippen molar-refractivity contribution < 1.29 is 19.1 Å². The molecule has 0 unspecified atom stereocenters. The Kier molecular flexibility index (Phi) is 8.06. The predicted molar refractivity (Wildman–Crippen MR) is 147 cm³/mol. The van der Waals surface area contributed by atoms with Crippen molar-refractivity contribution in [3.63, 3.8) is 0 Å². The first-order valence-electron chi connectivity index (χ1n) is 13.7. The first-order chi connectivity index (χ1) is 18.3. The fraction of sp³-hybridized carbons (Fsp3) is 0.607. The van der Waals surface area contributed by atoms with Gasteiger partial charge in [0.15, 0.2) is 0 Å². The van der Waals surface area contributed by atoms with Gasteiger partial charge in [-0.2, -0.15) is 0 Å². The fourth-order valence-corrected chi connectivity index (χ4v) is 7.20. The normalized spacial score (nSPS) is 30.2.